The van der Waals surface area contributed by atoms with Gasteiger partial charge in [-0.15, -0.1) is 0 Å². The number of benzene rings is 2. The first-order valence-electron chi connectivity index (χ1n) is 13.2. The van der Waals surface area contributed by atoms with Crippen molar-refractivity contribution < 1.29 is 21.6 Å². The minimum Gasteiger partial charge on any atom is -0.356 e. The molecule has 2 aromatic rings. The lowest BCUT2D eigenvalue weighted by Gasteiger charge is -2.22. The van der Waals surface area contributed by atoms with Gasteiger partial charge in [-0.1, -0.05) is 43.5 Å². The van der Waals surface area contributed by atoms with E-state index in [4.69, 9.17) is 0 Å². The SMILES string of the molecule is O=C(CCc1ccc(S(=O)(=O)NC2CCCCC2)cc1)NCCc1ccc(S(=O)(=O)N2CCCC2)cc1. The van der Waals surface area contributed by atoms with Gasteiger partial charge in [0.2, 0.25) is 26.0 Å². The van der Waals surface area contributed by atoms with E-state index < -0.39 is 20.0 Å². The third-order valence-corrected chi connectivity index (χ3v) is 10.6. The van der Waals surface area contributed by atoms with Crippen molar-refractivity contribution in [3.8, 4) is 0 Å². The molecule has 1 saturated heterocycles. The van der Waals surface area contributed by atoms with E-state index in [0.29, 0.717) is 43.8 Å². The molecule has 0 aromatic heterocycles. The summed E-state index contributed by atoms with van der Waals surface area (Å²) in [5.41, 5.74) is 1.86. The number of hydrogen-bond acceptors (Lipinski definition) is 5. The number of sulfonamides is 2. The van der Waals surface area contributed by atoms with Gasteiger partial charge in [-0.3, -0.25) is 4.79 Å². The Hall–Kier alpha value is -2.27. The Bertz CT molecular complexity index is 1250. The van der Waals surface area contributed by atoms with Gasteiger partial charge in [0.15, 0.2) is 0 Å². The highest BCUT2D eigenvalue weighted by molar-refractivity contribution is 7.89. The molecule has 1 saturated carbocycles. The van der Waals surface area contributed by atoms with E-state index in [-0.39, 0.29) is 16.8 Å². The lowest BCUT2D eigenvalue weighted by Crippen LogP contribution is -2.36. The number of nitrogens with one attached hydrogen (secondary N) is 2. The number of aryl methyl sites for hydroxylation is 1. The van der Waals surface area contributed by atoms with Crippen molar-refractivity contribution >= 4 is 26.0 Å². The van der Waals surface area contributed by atoms with Crippen LogP contribution in [0.4, 0.5) is 0 Å². The van der Waals surface area contributed by atoms with E-state index in [1.807, 2.05) is 0 Å². The topological polar surface area (TPSA) is 113 Å². The Morgan fingerprint density at radius 3 is 1.95 bits per heavy atom. The maximum absolute atomic E-state index is 12.6. The van der Waals surface area contributed by atoms with Gasteiger partial charge < -0.3 is 5.32 Å². The predicted molar refractivity (Wildman–Crippen MR) is 143 cm³/mol. The van der Waals surface area contributed by atoms with Gasteiger partial charge in [0, 0.05) is 32.1 Å². The highest BCUT2D eigenvalue weighted by atomic mass is 32.2. The van der Waals surface area contributed by atoms with Crippen molar-refractivity contribution in [2.45, 2.75) is 80.0 Å². The zero-order valence-corrected chi connectivity index (χ0v) is 22.8. The Labute approximate surface area is 220 Å². The Balaban J connectivity index is 1.19. The lowest BCUT2D eigenvalue weighted by atomic mass is 9.96. The highest BCUT2D eigenvalue weighted by Crippen LogP contribution is 2.22. The summed E-state index contributed by atoms with van der Waals surface area (Å²) in [6.07, 6.45) is 8.30. The van der Waals surface area contributed by atoms with Gasteiger partial charge in [-0.2, -0.15) is 4.31 Å². The molecule has 0 unspecified atom stereocenters. The van der Waals surface area contributed by atoms with Gasteiger partial charge in [-0.25, -0.2) is 21.6 Å². The molecule has 37 heavy (non-hydrogen) atoms. The van der Waals surface area contributed by atoms with Gasteiger partial charge in [0.25, 0.3) is 0 Å². The van der Waals surface area contributed by atoms with Crippen LogP contribution < -0.4 is 10.0 Å². The summed E-state index contributed by atoms with van der Waals surface area (Å²) in [4.78, 5) is 12.9. The van der Waals surface area contributed by atoms with Crippen molar-refractivity contribution in [1.82, 2.24) is 14.3 Å². The molecule has 10 heteroatoms. The number of carbonyl (C=O) groups excluding carboxylic acids is 1. The normalized spacial score (nSPS) is 17.6. The van der Waals surface area contributed by atoms with Crippen LogP contribution in [0.3, 0.4) is 0 Å². The van der Waals surface area contributed by atoms with Crippen LogP contribution in [-0.2, 0) is 37.7 Å². The van der Waals surface area contributed by atoms with Crippen LogP contribution in [0.5, 0.6) is 0 Å². The fourth-order valence-electron chi connectivity index (χ4n) is 4.94. The fourth-order valence-corrected chi connectivity index (χ4v) is 7.76. The van der Waals surface area contributed by atoms with E-state index in [1.165, 1.54) is 10.7 Å². The second-order valence-electron chi connectivity index (χ2n) is 9.96. The molecular formula is C27H37N3O5S2. The summed E-state index contributed by atoms with van der Waals surface area (Å²) in [7, 11) is -6.94. The molecule has 8 nitrogen and oxygen atoms in total. The third kappa shape index (κ3) is 7.63. The fraction of sp³-hybridized carbons (Fsp3) is 0.519. The molecule has 0 bridgehead atoms. The molecule has 2 aromatic carbocycles. The molecule has 0 spiro atoms. The van der Waals surface area contributed by atoms with Crippen LogP contribution in [0.15, 0.2) is 58.3 Å². The third-order valence-electron chi connectivity index (χ3n) is 7.16. The summed E-state index contributed by atoms with van der Waals surface area (Å²) in [5, 5.41) is 2.90. The zero-order valence-electron chi connectivity index (χ0n) is 21.2. The summed E-state index contributed by atoms with van der Waals surface area (Å²) >= 11 is 0. The van der Waals surface area contributed by atoms with Gasteiger partial charge in [0.05, 0.1) is 9.79 Å². The van der Waals surface area contributed by atoms with Crippen molar-refractivity contribution in [3.63, 3.8) is 0 Å². The average molecular weight is 548 g/mol. The molecule has 2 fully saturated rings. The first kappa shape index (κ1) is 27.8. The lowest BCUT2D eigenvalue weighted by molar-refractivity contribution is -0.121. The van der Waals surface area contributed by atoms with E-state index in [0.717, 1.165) is 49.7 Å². The van der Waals surface area contributed by atoms with Crippen molar-refractivity contribution in [1.29, 1.82) is 0 Å². The summed E-state index contributed by atoms with van der Waals surface area (Å²) in [6.45, 7) is 1.62. The van der Waals surface area contributed by atoms with Crippen LogP contribution in [-0.4, -0.2) is 52.7 Å². The minimum atomic E-state index is -3.53. The smallest absolute Gasteiger partial charge is 0.243 e. The number of amides is 1. The van der Waals surface area contributed by atoms with Crippen molar-refractivity contribution in [3.05, 3.63) is 59.7 Å². The van der Waals surface area contributed by atoms with E-state index in [2.05, 4.69) is 10.0 Å². The molecule has 2 N–H and O–H groups in total. The first-order valence-corrected chi connectivity index (χ1v) is 16.1. The number of rotatable bonds is 11. The molecule has 2 aliphatic rings. The molecule has 202 valence electrons. The zero-order chi connectivity index (χ0) is 26.3. The minimum absolute atomic E-state index is 0.0167. The quantitative estimate of drug-likeness (QED) is 0.448. The molecule has 0 atom stereocenters. The van der Waals surface area contributed by atoms with E-state index in [9.17, 15) is 21.6 Å². The van der Waals surface area contributed by atoms with Gasteiger partial charge >= 0.3 is 0 Å². The molecule has 0 radical (unpaired) electrons. The van der Waals surface area contributed by atoms with E-state index >= 15 is 0 Å². The van der Waals surface area contributed by atoms with Crippen molar-refractivity contribution in [2.75, 3.05) is 19.6 Å². The second-order valence-corrected chi connectivity index (χ2v) is 13.6. The molecule has 1 heterocycles. The second kappa shape index (κ2) is 12.5. The average Bonchev–Trinajstić information content (AvgIpc) is 3.45. The monoisotopic (exact) mass is 547 g/mol. The van der Waals surface area contributed by atoms with Crippen LogP contribution >= 0.6 is 0 Å². The number of carbonyl (C=O) groups is 1. The van der Waals surface area contributed by atoms with Crippen LogP contribution in [0.2, 0.25) is 0 Å². The van der Waals surface area contributed by atoms with E-state index in [1.54, 1.807) is 48.5 Å². The van der Waals surface area contributed by atoms with Crippen LogP contribution in [0, 0.1) is 0 Å². The Morgan fingerprint density at radius 1 is 0.757 bits per heavy atom. The van der Waals surface area contributed by atoms with Gasteiger partial charge in [-0.05, 0) is 73.9 Å². The Kier molecular flexibility index (Phi) is 9.39. The van der Waals surface area contributed by atoms with Crippen LogP contribution in [0.1, 0.15) is 62.5 Å². The molecule has 1 aliphatic carbocycles. The predicted octanol–water partition coefficient (Wildman–Crippen LogP) is 3.37. The van der Waals surface area contributed by atoms with Crippen LogP contribution in [0.25, 0.3) is 0 Å². The molecular weight excluding hydrogens is 510 g/mol. The largest absolute Gasteiger partial charge is 0.356 e. The summed E-state index contributed by atoms with van der Waals surface area (Å²) in [5.74, 6) is -0.0797. The Morgan fingerprint density at radius 2 is 1.32 bits per heavy atom. The summed E-state index contributed by atoms with van der Waals surface area (Å²) in [6, 6.07) is 13.6. The summed E-state index contributed by atoms with van der Waals surface area (Å²) < 4.78 is 54.9. The molecule has 1 amide bonds. The molecule has 4 rings (SSSR count). The molecule has 1 aliphatic heterocycles. The number of nitrogens with zero attached hydrogens (tertiary/aromatic N) is 1. The highest BCUT2D eigenvalue weighted by Gasteiger charge is 2.27. The first-order chi connectivity index (χ1) is 17.7. The van der Waals surface area contributed by atoms with Gasteiger partial charge in [0.1, 0.15) is 0 Å². The maximum Gasteiger partial charge on any atom is 0.243 e. The maximum atomic E-state index is 12.6. The number of hydrogen-bond donors (Lipinski definition) is 2. The standard InChI is InChI=1S/C27H37N3O5S2/c31-27(28-19-18-23-10-15-26(16-11-23)37(34,35)30-20-4-5-21-30)17-12-22-8-13-25(14-9-22)36(32,33)29-24-6-2-1-3-7-24/h8-11,13-16,24,29H,1-7,12,17-21H2,(H,28,31). The van der Waals surface area contributed by atoms with Crippen molar-refractivity contribution in [2.24, 2.45) is 0 Å².